The van der Waals surface area contributed by atoms with Gasteiger partial charge in [0.2, 0.25) is 0 Å². The monoisotopic (exact) mass is 203 g/mol. The zero-order chi connectivity index (χ0) is 12.2. The molecular weight excluding hydrogens is 182 g/mol. The Morgan fingerprint density at radius 3 is 1.20 bits per heavy atom. The first kappa shape index (κ1) is 13.7. The van der Waals surface area contributed by atoms with Gasteiger partial charge >= 0.3 is 0 Å². The Hall–Kier alpha value is -1.29. The first-order valence-corrected chi connectivity index (χ1v) is 5.47. The molecule has 0 radical (unpaired) electrons. The van der Waals surface area contributed by atoms with Crippen LogP contribution in [0, 0.1) is 45.9 Å². The Kier molecular flexibility index (Phi) is 5.08. The molecule has 0 saturated heterocycles. The maximum absolute atomic E-state index is 8.99. The topological polar surface area (TPSA) is 23.8 Å². The Labute approximate surface area is 93.7 Å². The molecule has 0 aromatic heterocycles. The maximum Gasteiger partial charge on any atom is 0.0997 e. The van der Waals surface area contributed by atoms with E-state index in [-0.39, 0.29) is 0 Å². The van der Waals surface area contributed by atoms with Crippen LogP contribution in [0.25, 0.3) is 0 Å². The molecule has 0 heterocycles. The van der Waals surface area contributed by atoms with E-state index in [0.29, 0.717) is 0 Å². The van der Waals surface area contributed by atoms with Crippen LogP contribution in [0.15, 0.2) is 0 Å². The molecule has 0 atom stereocenters. The summed E-state index contributed by atoms with van der Waals surface area (Å²) in [6.45, 7) is 14.3. The van der Waals surface area contributed by atoms with Crippen LogP contribution < -0.4 is 0 Å². The van der Waals surface area contributed by atoms with Crippen molar-refractivity contribution < 1.29 is 0 Å². The molecular formula is C14H21N. The summed E-state index contributed by atoms with van der Waals surface area (Å²) in [5, 5.41) is 8.99. The average molecular weight is 203 g/mol. The molecule has 0 aliphatic carbocycles. The fourth-order valence-electron chi connectivity index (χ4n) is 1.67. The normalized spacial score (nSPS) is 8.93. The number of hydrogen-bond acceptors (Lipinski definition) is 1. The quantitative estimate of drug-likeness (QED) is 0.622. The molecule has 1 aromatic carbocycles. The maximum atomic E-state index is 8.99. The van der Waals surface area contributed by atoms with E-state index in [0.717, 1.165) is 16.7 Å². The molecule has 15 heavy (non-hydrogen) atoms. The predicted molar refractivity (Wildman–Crippen MR) is 66.2 cm³/mol. The highest BCUT2D eigenvalue weighted by molar-refractivity contribution is 5.54. The summed E-state index contributed by atoms with van der Waals surface area (Å²) in [4.78, 5) is 0. The van der Waals surface area contributed by atoms with Gasteiger partial charge in [-0.2, -0.15) is 5.26 Å². The van der Waals surface area contributed by atoms with Crippen LogP contribution in [0.1, 0.15) is 47.2 Å². The van der Waals surface area contributed by atoms with Gasteiger partial charge < -0.3 is 0 Å². The van der Waals surface area contributed by atoms with Gasteiger partial charge in [0.1, 0.15) is 0 Å². The van der Waals surface area contributed by atoms with Crippen molar-refractivity contribution in [1.29, 1.82) is 5.26 Å². The molecule has 1 aromatic rings. The smallest absolute Gasteiger partial charge is 0.0997 e. The lowest BCUT2D eigenvalue weighted by Crippen LogP contribution is -1.99. The summed E-state index contributed by atoms with van der Waals surface area (Å²) in [6, 6.07) is 2.27. The SMILES string of the molecule is CC.Cc1c(C)c(C)c(C#N)c(C)c1C. The van der Waals surface area contributed by atoms with Crippen LogP contribution in [0.4, 0.5) is 0 Å². The number of rotatable bonds is 0. The second kappa shape index (κ2) is 5.56. The van der Waals surface area contributed by atoms with Gasteiger partial charge in [0.15, 0.2) is 0 Å². The fraction of sp³-hybridized carbons (Fsp3) is 0.500. The summed E-state index contributed by atoms with van der Waals surface area (Å²) in [5.41, 5.74) is 6.92. The standard InChI is InChI=1S/C12H15N.C2H6/c1-7-8(2)10(4)12(6-13)11(5)9(7)3;1-2/h1-5H3;1-2H3. The lowest BCUT2D eigenvalue weighted by atomic mass is 9.90. The van der Waals surface area contributed by atoms with Crippen LogP contribution in [0.3, 0.4) is 0 Å². The van der Waals surface area contributed by atoms with Crippen LogP contribution in [-0.4, -0.2) is 0 Å². The third-order valence-corrected chi connectivity index (χ3v) is 3.11. The Morgan fingerprint density at radius 1 is 0.667 bits per heavy atom. The van der Waals surface area contributed by atoms with Gasteiger partial charge in [-0.25, -0.2) is 0 Å². The lowest BCUT2D eigenvalue weighted by Gasteiger charge is -2.13. The van der Waals surface area contributed by atoms with Crippen molar-refractivity contribution in [2.45, 2.75) is 48.5 Å². The molecule has 0 bridgehead atoms. The number of hydrogen-bond donors (Lipinski definition) is 0. The number of nitrogens with zero attached hydrogens (tertiary/aromatic N) is 1. The highest BCUT2D eigenvalue weighted by atomic mass is 14.3. The summed E-state index contributed by atoms with van der Waals surface area (Å²) in [5.74, 6) is 0. The Morgan fingerprint density at radius 2 is 0.933 bits per heavy atom. The van der Waals surface area contributed by atoms with E-state index in [2.05, 4.69) is 26.8 Å². The molecule has 82 valence electrons. The van der Waals surface area contributed by atoms with Gasteiger partial charge in [0.25, 0.3) is 0 Å². The molecule has 0 aliphatic heterocycles. The van der Waals surface area contributed by atoms with E-state index in [9.17, 15) is 0 Å². The molecule has 1 rings (SSSR count). The van der Waals surface area contributed by atoms with E-state index in [1.165, 1.54) is 16.7 Å². The van der Waals surface area contributed by atoms with Gasteiger partial charge in [-0.15, -0.1) is 0 Å². The minimum Gasteiger partial charge on any atom is -0.192 e. The lowest BCUT2D eigenvalue weighted by molar-refractivity contribution is 1.16. The second-order valence-electron chi connectivity index (χ2n) is 3.61. The molecule has 0 fully saturated rings. The largest absolute Gasteiger partial charge is 0.192 e. The molecule has 0 spiro atoms. The molecule has 0 aliphatic rings. The van der Waals surface area contributed by atoms with Crippen LogP contribution in [-0.2, 0) is 0 Å². The summed E-state index contributed by atoms with van der Waals surface area (Å²) >= 11 is 0. The second-order valence-corrected chi connectivity index (χ2v) is 3.61. The molecule has 0 unspecified atom stereocenters. The van der Waals surface area contributed by atoms with Crippen molar-refractivity contribution >= 4 is 0 Å². The molecule has 1 heteroatoms. The number of nitriles is 1. The Balaban J connectivity index is 0.000000921. The first-order valence-electron chi connectivity index (χ1n) is 5.47. The van der Waals surface area contributed by atoms with E-state index >= 15 is 0 Å². The van der Waals surface area contributed by atoms with Crippen LogP contribution in [0.2, 0.25) is 0 Å². The highest BCUT2D eigenvalue weighted by Crippen LogP contribution is 2.24. The van der Waals surface area contributed by atoms with Crippen molar-refractivity contribution in [2.24, 2.45) is 0 Å². The van der Waals surface area contributed by atoms with Gasteiger partial charge in [-0.1, -0.05) is 13.8 Å². The van der Waals surface area contributed by atoms with Crippen molar-refractivity contribution in [1.82, 2.24) is 0 Å². The zero-order valence-electron chi connectivity index (χ0n) is 10.9. The predicted octanol–water partition coefficient (Wildman–Crippen LogP) is 4.13. The van der Waals surface area contributed by atoms with Gasteiger partial charge in [0.05, 0.1) is 11.6 Å². The summed E-state index contributed by atoms with van der Waals surface area (Å²) in [7, 11) is 0. The average Bonchev–Trinajstić information content (AvgIpc) is 2.27. The fourth-order valence-corrected chi connectivity index (χ4v) is 1.67. The molecule has 0 N–H and O–H groups in total. The zero-order valence-corrected chi connectivity index (χ0v) is 10.9. The van der Waals surface area contributed by atoms with Crippen LogP contribution >= 0.6 is 0 Å². The van der Waals surface area contributed by atoms with E-state index in [1.807, 2.05) is 27.7 Å². The highest BCUT2D eigenvalue weighted by Gasteiger charge is 2.10. The minimum absolute atomic E-state index is 0.848. The van der Waals surface area contributed by atoms with Crippen molar-refractivity contribution in [2.75, 3.05) is 0 Å². The van der Waals surface area contributed by atoms with E-state index in [1.54, 1.807) is 0 Å². The third kappa shape index (κ3) is 2.39. The summed E-state index contributed by atoms with van der Waals surface area (Å²) < 4.78 is 0. The van der Waals surface area contributed by atoms with Crippen LogP contribution in [0.5, 0.6) is 0 Å². The summed E-state index contributed by atoms with van der Waals surface area (Å²) in [6.07, 6.45) is 0. The van der Waals surface area contributed by atoms with Crippen molar-refractivity contribution in [3.8, 4) is 6.07 Å². The van der Waals surface area contributed by atoms with Gasteiger partial charge in [-0.05, 0) is 62.4 Å². The van der Waals surface area contributed by atoms with Gasteiger partial charge in [0, 0.05) is 0 Å². The van der Waals surface area contributed by atoms with E-state index < -0.39 is 0 Å². The number of benzene rings is 1. The first-order chi connectivity index (χ1) is 7.00. The molecule has 1 nitrogen and oxygen atoms in total. The van der Waals surface area contributed by atoms with Gasteiger partial charge in [-0.3, -0.25) is 0 Å². The van der Waals surface area contributed by atoms with Crippen molar-refractivity contribution in [3.63, 3.8) is 0 Å². The third-order valence-electron chi connectivity index (χ3n) is 3.11. The minimum atomic E-state index is 0.848. The Bertz CT molecular complexity index is 366. The molecule has 0 amide bonds. The van der Waals surface area contributed by atoms with Crippen molar-refractivity contribution in [3.05, 3.63) is 33.4 Å². The molecule has 0 saturated carbocycles. The van der Waals surface area contributed by atoms with E-state index in [4.69, 9.17) is 5.26 Å².